The summed E-state index contributed by atoms with van der Waals surface area (Å²) in [6, 6.07) is 14.5. The van der Waals surface area contributed by atoms with Gasteiger partial charge in [0, 0.05) is 36.6 Å². The lowest BCUT2D eigenvalue weighted by atomic mass is 9.74. The molecule has 1 aliphatic heterocycles. The molecule has 1 saturated heterocycles. The van der Waals surface area contributed by atoms with Crippen molar-refractivity contribution in [2.24, 2.45) is 5.41 Å². The number of piperidine rings is 1. The van der Waals surface area contributed by atoms with Crippen molar-refractivity contribution in [2.45, 2.75) is 39.0 Å². The van der Waals surface area contributed by atoms with Crippen LogP contribution in [0.25, 0.3) is 10.9 Å². The van der Waals surface area contributed by atoms with E-state index in [-0.39, 0.29) is 37.3 Å². The van der Waals surface area contributed by atoms with E-state index >= 15 is 0 Å². The molecular formula is C26H29FN2O3. The van der Waals surface area contributed by atoms with Crippen LogP contribution in [0.2, 0.25) is 0 Å². The van der Waals surface area contributed by atoms with Gasteiger partial charge in [0.15, 0.2) is 0 Å². The van der Waals surface area contributed by atoms with Crippen LogP contribution >= 0.6 is 0 Å². The van der Waals surface area contributed by atoms with E-state index in [0.717, 1.165) is 16.5 Å². The molecule has 0 spiro atoms. The number of amides is 1. The summed E-state index contributed by atoms with van der Waals surface area (Å²) in [5, 5.41) is 1.12. The molecular weight excluding hydrogens is 407 g/mol. The molecule has 32 heavy (non-hydrogen) atoms. The summed E-state index contributed by atoms with van der Waals surface area (Å²) in [4.78, 5) is 31.1. The third kappa shape index (κ3) is 4.54. The highest BCUT2D eigenvalue weighted by Crippen LogP contribution is 2.36. The predicted octanol–water partition coefficient (Wildman–Crippen LogP) is 4.65. The molecule has 4 rings (SSSR count). The lowest BCUT2D eigenvalue weighted by Crippen LogP contribution is -2.51. The molecule has 1 aliphatic rings. The van der Waals surface area contributed by atoms with Gasteiger partial charge in [-0.05, 0) is 55.9 Å². The Morgan fingerprint density at radius 1 is 1.12 bits per heavy atom. The molecule has 0 saturated carbocycles. The second-order valence-corrected chi connectivity index (χ2v) is 8.55. The normalized spacial score (nSPS) is 18.6. The first-order chi connectivity index (χ1) is 15.5. The Labute approximate surface area is 187 Å². The number of benzene rings is 2. The van der Waals surface area contributed by atoms with Crippen LogP contribution in [0.3, 0.4) is 0 Å². The molecule has 1 aromatic heterocycles. The first-order valence-electron chi connectivity index (χ1n) is 11.3. The zero-order valence-electron chi connectivity index (χ0n) is 18.4. The van der Waals surface area contributed by atoms with Crippen molar-refractivity contribution >= 4 is 22.8 Å². The highest BCUT2D eigenvalue weighted by Gasteiger charge is 2.45. The number of fused-ring (bicyclic) bond motifs is 1. The third-order valence-electron chi connectivity index (χ3n) is 6.41. The standard InChI is InChI=1S/C26H29FN2O3/c1-2-32-25(31)26(16-19-8-3-5-10-22(19)27)14-7-15-29(18-26)24(30)13-12-20-17-28-23-11-6-4-9-21(20)23/h3-6,8-11,17,28H,2,7,12-16,18H2,1H3/t26-/m0/s1. The number of ether oxygens (including phenoxy) is 1. The second kappa shape index (κ2) is 9.55. The molecule has 2 aromatic carbocycles. The quantitative estimate of drug-likeness (QED) is 0.548. The van der Waals surface area contributed by atoms with Gasteiger partial charge in [-0.2, -0.15) is 0 Å². The fraction of sp³-hybridized carbons (Fsp3) is 0.385. The maximum atomic E-state index is 14.4. The number of aryl methyl sites for hydroxylation is 1. The lowest BCUT2D eigenvalue weighted by Gasteiger charge is -2.41. The minimum atomic E-state index is -0.924. The van der Waals surface area contributed by atoms with E-state index < -0.39 is 5.41 Å². The summed E-state index contributed by atoms with van der Waals surface area (Å²) < 4.78 is 19.8. The number of nitrogens with one attached hydrogen (secondary N) is 1. The van der Waals surface area contributed by atoms with E-state index in [4.69, 9.17) is 4.74 Å². The maximum absolute atomic E-state index is 14.4. The number of aromatic amines is 1. The van der Waals surface area contributed by atoms with Crippen LogP contribution in [0.1, 0.15) is 37.3 Å². The predicted molar refractivity (Wildman–Crippen MR) is 122 cm³/mol. The highest BCUT2D eigenvalue weighted by atomic mass is 19.1. The summed E-state index contributed by atoms with van der Waals surface area (Å²) >= 11 is 0. The van der Waals surface area contributed by atoms with E-state index in [2.05, 4.69) is 4.98 Å². The first kappa shape index (κ1) is 22.1. The molecule has 168 valence electrons. The Kier molecular flexibility index (Phi) is 6.58. The number of hydrogen-bond donors (Lipinski definition) is 1. The minimum Gasteiger partial charge on any atom is -0.466 e. The van der Waals surface area contributed by atoms with Gasteiger partial charge in [-0.25, -0.2) is 4.39 Å². The van der Waals surface area contributed by atoms with Gasteiger partial charge in [-0.1, -0.05) is 36.4 Å². The van der Waals surface area contributed by atoms with E-state index in [1.54, 1.807) is 30.0 Å². The molecule has 1 N–H and O–H groups in total. The van der Waals surface area contributed by atoms with E-state index in [1.807, 2.05) is 30.5 Å². The molecule has 0 radical (unpaired) electrons. The van der Waals surface area contributed by atoms with Crippen molar-refractivity contribution in [3.05, 3.63) is 71.7 Å². The largest absolute Gasteiger partial charge is 0.466 e. The number of halogens is 1. The summed E-state index contributed by atoms with van der Waals surface area (Å²) in [5.41, 5.74) is 1.72. The number of esters is 1. The van der Waals surface area contributed by atoms with Gasteiger partial charge in [0.2, 0.25) is 5.91 Å². The van der Waals surface area contributed by atoms with Gasteiger partial charge in [-0.15, -0.1) is 0 Å². The number of nitrogens with zero attached hydrogens (tertiary/aromatic N) is 1. The molecule has 6 heteroatoms. The zero-order valence-corrected chi connectivity index (χ0v) is 18.4. The number of para-hydroxylation sites is 1. The van der Waals surface area contributed by atoms with E-state index in [1.165, 1.54) is 6.07 Å². The zero-order chi connectivity index (χ0) is 22.6. The number of carbonyl (C=O) groups is 2. The van der Waals surface area contributed by atoms with Gasteiger partial charge in [0.25, 0.3) is 0 Å². The number of H-pyrrole nitrogens is 1. The molecule has 0 aliphatic carbocycles. The number of likely N-dealkylation sites (tertiary alicyclic amines) is 1. The van der Waals surface area contributed by atoms with Crippen molar-refractivity contribution in [1.29, 1.82) is 0 Å². The van der Waals surface area contributed by atoms with Gasteiger partial charge in [-0.3, -0.25) is 9.59 Å². The fourth-order valence-electron chi connectivity index (χ4n) is 4.76. The van der Waals surface area contributed by atoms with Crippen LogP contribution in [0.15, 0.2) is 54.7 Å². The molecule has 2 heterocycles. The van der Waals surface area contributed by atoms with Crippen LogP contribution < -0.4 is 0 Å². The van der Waals surface area contributed by atoms with E-state index in [0.29, 0.717) is 37.8 Å². The average molecular weight is 437 g/mol. The van der Waals surface area contributed by atoms with Gasteiger partial charge < -0.3 is 14.6 Å². The molecule has 0 unspecified atom stereocenters. The van der Waals surface area contributed by atoms with Crippen LogP contribution in [0.4, 0.5) is 4.39 Å². The lowest BCUT2D eigenvalue weighted by molar-refractivity contribution is -0.160. The fourth-order valence-corrected chi connectivity index (χ4v) is 4.76. The molecule has 3 aromatic rings. The second-order valence-electron chi connectivity index (χ2n) is 8.55. The average Bonchev–Trinajstić information content (AvgIpc) is 3.22. The van der Waals surface area contributed by atoms with E-state index in [9.17, 15) is 14.0 Å². The number of aromatic nitrogens is 1. The minimum absolute atomic E-state index is 0.0113. The Morgan fingerprint density at radius 3 is 2.72 bits per heavy atom. The van der Waals surface area contributed by atoms with Gasteiger partial charge in [0.05, 0.1) is 12.0 Å². The van der Waals surface area contributed by atoms with Crippen LogP contribution in [0, 0.1) is 11.2 Å². The van der Waals surface area contributed by atoms with Crippen molar-refractivity contribution in [3.63, 3.8) is 0 Å². The van der Waals surface area contributed by atoms with Crippen molar-refractivity contribution in [3.8, 4) is 0 Å². The summed E-state index contributed by atoms with van der Waals surface area (Å²) in [7, 11) is 0. The van der Waals surface area contributed by atoms with Crippen molar-refractivity contribution in [1.82, 2.24) is 9.88 Å². The Bertz CT molecular complexity index is 1110. The van der Waals surface area contributed by atoms with Gasteiger partial charge >= 0.3 is 5.97 Å². The highest BCUT2D eigenvalue weighted by molar-refractivity contribution is 5.85. The Hall–Kier alpha value is -3.15. The molecule has 5 nitrogen and oxygen atoms in total. The Morgan fingerprint density at radius 2 is 1.91 bits per heavy atom. The number of hydrogen-bond acceptors (Lipinski definition) is 3. The van der Waals surface area contributed by atoms with Crippen molar-refractivity contribution in [2.75, 3.05) is 19.7 Å². The van der Waals surface area contributed by atoms with Crippen molar-refractivity contribution < 1.29 is 18.7 Å². The van der Waals surface area contributed by atoms with Crippen LogP contribution in [0.5, 0.6) is 0 Å². The Balaban J connectivity index is 1.49. The SMILES string of the molecule is CCOC(=O)[C@]1(Cc2ccccc2F)CCCN(C(=O)CCc2c[nH]c3ccccc23)C1. The van der Waals surface area contributed by atoms with Gasteiger partial charge in [0.1, 0.15) is 5.82 Å². The maximum Gasteiger partial charge on any atom is 0.314 e. The molecule has 1 amide bonds. The smallest absolute Gasteiger partial charge is 0.314 e. The molecule has 1 fully saturated rings. The summed E-state index contributed by atoms with van der Waals surface area (Å²) in [5.74, 6) is -0.673. The number of rotatable bonds is 7. The van der Waals surface area contributed by atoms with Crippen LogP contribution in [-0.4, -0.2) is 41.5 Å². The third-order valence-corrected chi connectivity index (χ3v) is 6.41. The summed E-state index contributed by atoms with van der Waals surface area (Å²) in [6.07, 6.45) is 4.43. The number of carbonyl (C=O) groups excluding carboxylic acids is 2. The molecule has 1 atom stereocenters. The summed E-state index contributed by atoms with van der Waals surface area (Å²) in [6.45, 7) is 2.88. The molecule has 0 bridgehead atoms. The first-order valence-corrected chi connectivity index (χ1v) is 11.3. The topological polar surface area (TPSA) is 62.4 Å². The monoisotopic (exact) mass is 436 g/mol. The van der Waals surface area contributed by atoms with Crippen LogP contribution in [-0.2, 0) is 27.2 Å².